The smallest absolute Gasteiger partial charge is 0.261 e. The van der Waals surface area contributed by atoms with Crippen LogP contribution in [0.1, 0.15) is 18.7 Å². The van der Waals surface area contributed by atoms with Crippen molar-refractivity contribution in [3.63, 3.8) is 0 Å². The summed E-state index contributed by atoms with van der Waals surface area (Å²) in [5.74, 6) is 1.94. The fraction of sp³-hybridized carbons (Fsp3) is 0.455. The highest BCUT2D eigenvalue weighted by atomic mass is 32.1. The lowest BCUT2D eigenvalue weighted by atomic mass is 10.4. The number of ether oxygens (including phenoxy) is 1. The Hall–Kier alpha value is -1.40. The summed E-state index contributed by atoms with van der Waals surface area (Å²) in [4.78, 5) is 0.887. The molecule has 0 unspecified atom stereocenters. The van der Waals surface area contributed by atoms with Gasteiger partial charge in [-0.3, -0.25) is 0 Å². The molecule has 2 aromatic heterocycles. The fourth-order valence-electron chi connectivity index (χ4n) is 1.55. The molecule has 1 N–H and O–H groups in total. The molecular formula is C11H13N3O2S. The highest BCUT2D eigenvalue weighted by molar-refractivity contribution is 7.13. The zero-order valence-electron chi connectivity index (χ0n) is 9.47. The van der Waals surface area contributed by atoms with Gasteiger partial charge in [-0.15, -0.1) is 21.5 Å². The average molecular weight is 251 g/mol. The number of methoxy groups -OCH3 is 1. The summed E-state index contributed by atoms with van der Waals surface area (Å²) in [5, 5.41) is 13.3. The van der Waals surface area contributed by atoms with Crippen LogP contribution in [-0.2, 0) is 6.54 Å². The summed E-state index contributed by atoms with van der Waals surface area (Å²) in [7, 11) is 1.64. The van der Waals surface area contributed by atoms with E-state index in [1.54, 1.807) is 7.11 Å². The number of hydrogen-bond donors (Lipinski definition) is 1. The molecule has 2 heterocycles. The van der Waals surface area contributed by atoms with Gasteiger partial charge in [0.2, 0.25) is 5.89 Å². The summed E-state index contributed by atoms with van der Waals surface area (Å²) in [6.45, 7) is 0.644. The molecule has 1 aliphatic carbocycles. The fourth-order valence-corrected chi connectivity index (χ4v) is 2.33. The van der Waals surface area contributed by atoms with Crippen LogP contribution in [0.15, 0.2) is 15.9 Å². The molecule has 1 saturated carbocycles. The summed E-state index contributed by atoms with van der Waals surface area (Å²) >= 11 is 1.54. The minimum absolute atomic E-state index is 0.532. The summed E-state index contributed by atoms with van der Waals surface area (Å²) in [6.07, 6.45) is 2.50. The maximum absolute atomic E-state index is 5.59. The Morgan fingerprint density at radius 1 is 1.53 bits per heavy atom. The SMILES string of the molecule is COc1ccsc1-c1nnc(CNC2CC2)o1. The molecule has 90 valence electrons. The van der Waals surface area contributed by atoms with E-state index in [1.807, 2.05) is 11.4 Å². The van der Waals surface area contributed by atoms with E-state index in [0.29, 0.717) is 24.4 Å². The van der Waals surface area contributed by atoms with Crippen molar-refractivity contribution in [2.75, 3.05) is 7.11 Å². The van der Waals surface area contributed by atoms with Crippen LogP contribution in [0.2, 0.25) is 0 Å². The Balaban J connectivity index is 1.74. The Labute approximate surface area is 103 Å². The molecule has 17 heavy (non-hydrogen) atoms. The lowest BCUT2D eigenvalue weighted by Gasteiger charge is -1.97. The van der Waals surface area contributed by atoms with Gasteiger partial charge in [-0.1, -0.05) is 0 Å². The summed E-state index contributed by atoms with van der Waals surface area (Å²) < 4.78 is 10.8. The van der Waals surface area contributed by atoms with Gasteiger partial charge in [0.25, 0.3) is 5.89 Å². The predicted molar refractivity (Wildman–Crippen MR) is 64.0 cm³/mol. The molecule has 0 atom stereocenters. The second-order valence-corrected chi connectivity index (χ2v) is 4.89. The van der Waals surface area contributed by atoms with Crippen LogP contribution in [0, 0.1) is 0 Å². The highest BCUT2D eigenvalue weighted by Crippen LogP contribution is 2.34. The van der Waals surface area contributed by atoms with Crippen molar-refractivity contribution in [3.8, 4) is 16.5 Å². The molecule has 1 aliphatic rings. The van der Waals surface area contributed by atoms with Crippen LogP contribution in [0.5, 0.6) is 5.75 Å². The van der Waals surface area contributed by atoms with Gasteiger partial charge in [0, 0.05) is 6.04 Å². The molecular weight excluding hydrogens is 238 g/mol. The topological polar surface area (TPSA) is 60.2 Å². The lowest BCUT2D eigenvalue weighted by Crippen LogP contribution is -2.15. The second kappa shape index (κ2) is 4.46. The van der Waals surface area contributed by atoms with Crippen molar-refractivity contribution in [2.45, 2.75) is 25.4 Å². The van der Waals surface area contributed by atoms with E-state index in [4.69, 9.17) is 9.15 Å². The first-order valence-corrected chi connectivity index (χ1v) is 6.42. The Morgan fingerprint density at radius 3 is 3.18 bits per heavy atom. The maximum Gasteiger partial charge on any atom is 0.261 e. The second-order valence-electron chi connectivity index (χ2n) is 3.97. The zero-order valence-corrected chi connectivity index (χ0v) is 10.3. The van der Waals surface area contributed by atoms with Crippen molar-refractivity contribution in [1.82, 2.24) is 15.5 Å². The Kier molecular flexibility index (Phi) is 2.82. The molecule has 2 aromatic rings. The van der Waals surface area contributed by atoms with E-state index < -0.39 is 0 Å². The molecule has 0 radical (unpaired) electrons. The molecule has 0 bridgehead atoms. The third-order valence-corrected chi connectivity index (χ3v) is 3.51. The molecule has 5 nitrogen and oxygen atoms in total. The predicted octanol–water partition coefficient (Wildman–Crippen LogP) is 2.06. The van der Waals surface area contributed by atoms with Crippen LogP contribution >= 0.6 is 11.3 Å². The molecule has 0 saturated heterocycles. The lowest BCUT2D eigenvalue weighted by molar-refractivity contribution is 0.415. The van der Waals surface area contributed by atoms with E-state index in [2.05, 4.69) is 15.5 Å². The molecule has 3 rings (SSSR count). The monoisotopic (exact) mass is 251 g/mol. The van der Waals surface area contributed by atoms with E-state index in [9.17, 15) is 0 Å². The molecule has 0 aromatic carbocycles. The minimum Gasteiger partial charge on any atom is -0.495 e. The van der Waals surface area contributed by atoms with Crippen molar-refractivity contribution in [3.05, 3.63) is 17.3 Å². The summed E-state index contributed by atoms with van der Waals surface area (Å²) in [6, 6.07) is 2.54. The molecule has 0 amide bonds. The number of thiophene rings is 1. The van der Waals surface area contributed by atoms with Gasteiger partial charge in [-0.2, -0.15) is 0 Å². The van der Waals surface area contributed by atoms with Crippen molar-refractivity contribution >= 4 is 11.3 Å². The van der Waals surface area contributed by atoms with Crippen LogP contribution in [-0.4, -0.2) is 23.3 Å². The van der Waals surface area contributed by atoms with Crippen molar-refractivity contribution in [1.29, 1.82) is 0 Å². The average Bonchev–Trinajstić information content (AvgIpc) is 2.89. The van der Waals surface area contributed by atoms with Crippen LogP contribution in [0.3, 0.4) is 0 Å². The van der Waals surface area contributed by atoms with Gasteiger partial charge in [0.1, 0.15) is 10.6 Å². The largest absolute Gasteiger partial charge is 0.495 e. The van der Waals surface area contributed by atoms with Crippen molar-refractivity contribution < 1.29 is 9.15 Å². The van der Waals surface area contributed by atoms with Gasteiger partial charge in [0.15, 0.2) is 0 Å². The van der Waals surface area contributed by atoms with E-state index in [-0.39, 0.29) is 0 Å². The van der Waals surface area contributed by atoms with Gasteiger partial charge < -0.3 is 14.5 Å². The highest BCUT2D eigenvalue weighted by Gasteiger charge is 2.21. The standard InChI is InChI=1S/C11H13N3O2S/c1-15-8-4-5-17-10(8)11-14-13-9(16-11)6-12-7-2-3-7/h4-5,7,12H,2-3,6H2,1H3. The number of nitrogens with one attached hydrogen (secondary N) is 1. The van der Waals surface area contributed by atoms with E-state index >= 15 is 0 Å². The minimum atomic E-state index is 0.532. The quantitative estimate of drug-likeness (QED) is 0.881. The Morgan fingerprint density at radius 2 is 2.41 bits per heavy atom. The normalized spacial score (nSPS) is 15.1. The van der Waals surface area contributed by atoms with Crippen molar-refractivity contribution in [2.24, 2.45) is 0 Å². The first kappa shape index (κ1) is 10.7. The molecule has 1 fully saturated rings. The van der Waals surface area contributed by atoms with Crippen LogP contribution in [0.4, 0.5) is 0 Å². The third-order valence-electron chi connectivity index (χ3n) is 2.63. The van der Waals surface area contributed by atoms with Crippen LogP contribution < -0.4 is 10.1 Å². The molecule has 6 heteroatoms. The number of nitrogens with zero attached hydrogens (tertiary/aromatic N) is 2. The summed E-state index contributed by atoms with van der Waals surface area (Å²) in [5.41, 5.74) is 0. The zero-order chi connectivity index (χ0) is 11.7. The van der Waals surface area contributed by atoms with Crippen LogP contribution in [0.25, 0.3) is 10.8 Å². The molecule has 0 aliphatic heterocycles. The maximum atomic E-state index is 5.59. The van der Waals surface area contributed by atoms with Gasteiger partial charge in [-0.25, -0.2) is 0 Å². The Bertz CT molecular complexity index is 504. The van der Waals surface area contributed by atoms with Gasteiger partial charge in [0.05, 0.1) is 13.7 Å². The third kappa shape index (κ3) is 2.32. The number of rotatable bonds is 5. The van der Waals surface area contributed by atoms with Gasteiger partial charge >= 0.3 is 0 Å². The van der Waals surface area contributed by atoms with Gasteiger partial charge in [-0.05, 0) is 24.3 Å². The first-order chi connectivity index (χ1) is 8.36. The molecule has 0 spiro atoms. The number of hydrogen-bond acceptors (Lipinski definition) is 6. The first-order valence-electron chi connectivity index (χ1n) is 5.54. The van der Waals surface area contributed by atoms with E-state index in [0.717, 1.165) is 10.6 Å². The van der Waals surface area contributed by atoms with E-state index in [1.165, 1.54) is 24.2 Å². The number of aromatic nitrogens is 2.